The molecule has 0 unspecified atom stereocenters. The van der Waals surface area contributed by atoms with Gasteiger partial charge in [-0.25, -0.2) is 9.97 Å². The van der Waals surface area contributed by atoms with Crippen molar-refractivity contribution >= 4 is 11.7 Å². The second-order valence-corrected chi connectivity index (χ2v) is 7.83. The molecule has 3 aliphatic rings. The van der Waals surface area contributed by atoms with Gasteiger partial charge in [-0.3, -0.25) is 4.79 Å². The number of hydrogen-bond donors (Lipinski definition) is 1. The lowest BCUT2D eigenvalue weighted by Crippen LogP contribution is -2.41. The van der Waals surface area contributed by atoms with Crippen LogP contribution < -0.4 is 10.2 Å². The summed E-state index contributed by atoms with van der Waals surface area (Å²) in [5, 5.41) is 3.17. The minimum atomic E-state index is 0.257. The molecule has 0 bridgehead atoms. The number of anilines is 1. The fourth-order valence-corrected chi connectivity index (χ4v) is 3.73. The van der Waals surface area contributed by atoms with E-state index < -0.39 is 0 Å². The van der Waals surface area contributed by atoms with Crippen LogP contribution in [0.25, 0.3) is 0 Å². The van der Waals surface area contributed by atoms with Gasteiger partial charge in [0.05, 0.1) is 0 Å². The first-order valence-electron chi connectivity index (χ1n) is 9.57. The Labute approximate surface area is 144 Å². The van der Waals surface area contributed by atoms with E-state index in [0.29, 0.717) is 24.3 Å². The van der Waals surface area contributed by atoms with Crippen LogP contribution in [0.1, 0.15) is 68.8 Å². The van der Waals surface area contributed by atoms with Crippen LogP contribution in [0.15, 0.2) is 6.07 Å². The van der Waals surface area contributed by atoms with Crippen molar-refractivity contribution in [2.45, 2.75) is 70.3 Å². The summed E-state index contributed by atoms with van der Waals surface area (Å²) in [4.78, 5) is 23.9. The predicted molar refractivity (Wildman–Crippen MR) is 94.1 cm³/mol. The van der Waals surface area contributed by atoms with Crippen LogP contribution in [0.3, 0.4) is 0 Å². The highest BCUT2D eigenvalue weighted by atomic mass is 16.1. The van der Waals surface area contributed by atoms with Crippen molar-refractivity contribution < 1.29 is 4.79 Å². The van der Waals surface area contributed by atoms with Gasteiger partial charge in [-0.05, 0) is 57.8 Å². The molecule has 1 aromatic rings. The van der Waals surface area contributed by atoms with Crippen molar-refractivity contribution in [3.05, 3.63) is 17.6 Å². The van der Waals surface area contributed by atoms with E-state index in [-0.39, 0.29) is 5.91 Å². The Morgan fingerprint density at radius 1 is 1.17 bits per heavy atom. The fourth-order valence-electron chi connectivity index (χ4n) is 3.73. The molecule has 1 saturated heterocycles. The van der Waals surface area contributed by atoms with Crippen molar-refractivity contribution in [3.63, 3.8) is 0 Å². The Morgan fingerprint density at radius 3 is 2.54 bits per heavy atom. The molecule has 5 heteroatoms. The second-order valence-electron chi connectivity index (χ2n) is 7.83. The van der Waals surface area contributed by atoms with Crippen molar-refractivity contribution in [2.24, 2.45) is 5.92 Å². The maximum atomic E-state index is 12.1. The second kappa shape index (κ2) is 6.69. The normalized spacial score (nSPS) is 22.3. The van der Waals surface area contributed by atoms with Gasteiger partial charge in [0.15, 0.2) is 0 Å². The molecule has 0 spiro atoms. The summed E-state index contributed by atoms with van der Waals surface area (Å²) in [5.41, 5.74) is 1.07. The maximum absolute atomic E-state index is 12.1. The quantitative estimate of drug-likeness (QED) is 0.903. The first-order chi connectivity index (χ1) is 11.7. The van der Waals surface area contributed by atoms with Crippen LogP contribution in [0.4, 0.5) is 5.82 Å². The largest absolute Gasteiger partial charge is 0.356 e. The Kier molecular flexibility index (Phi) is 4.42. The smallest absolute Gasteiger partial charge is 0.220 e. The summed E-state index contributed by atoms with van der Waals surface area (Å²) in [6.07, 6.45) is 8.94. The molecule has 24 heavy (non-hydrogen) atoms. The Bertz CT molecular complexity index is 601. The standard InChI is InChI=1S/C19H28N4O/c1-13-11-17(22-19(20-13)15-5-6-15)23-9-7-14(8-10-23)12-18(24)21-16-3-2-4-16/h11,14-16H,2-10,12H2,1H3,(H,21,24). The van der Waals surface area contributed by atoms with Gasteiger partial charge in [0.25, 0.3) is 0 Å². The highest BCUT2D eigenvalue weighted by Gasteiger charge is 2.29. The van der Waals surface area contributed by atoms with Gasteiger partial charge in [0.1, 0.15) is 11.6 Å². The summed E-state index contributed by atoms with van der Waals surface area (Å²) in [7, 11) is 0. The number of nitrogens with zero attached hydrogens (tertiary/aromatic N) is 3. The van der Waals surface area contributed by atoms with E-state index in [0.717, 1.165) is 43.3 Å². The average Bonchev–Trinajstić information content (AvgIpc) is 3.36. The number of carbonyl (C=O) groups is 1. The minimum Gasteiger partial charge on any atom is -0.356 e. The Hall–Kier alpha value is -1.65. The van der Waals surface area contributed by atoms with Crippen molar-refractivity contribution in [1.82, 2.24) is 15.3 Å². The zero-order chi connectivity index (χ0) is 16.5. The van der Waals surface area contributed by atoms with Gasteiger partial charge in [0, 0.05) is 43.2 Å². The molecular formula is C19H28N4O. The van der Waals surface area contributed by atoms with E-state index in [9.17, 15) is 4.79 Å². The molecule has 3 fully saturated rings. The molecule has 1 N–H and O–H groups in total. The van der Waals surface area contributed by atoms with Crippen LogP contribution in [-0.4, -0.2) is 35.0 Å². The van der Waals surface area contributed by atoms with Gasteiger partial charge in [-0.2, -0.15) is 0 Å². The zero-order valence-corrected chi connectivity index (χ0v) is 14.6. The number of aryl methyl sites for hydroxylation is 1. The van der Waals surface area contributed by atoms with Crippen molar-refractivity contribution in [1.29, 1.82) is 0 Å². The zero-order valence-electron chi connectivity index (χ0n) is 14.6. The molecule has 1 amide bonds. The molecule has 130 valence electrons. The number of rotatable bonds is 5. The van der Waals surface area contributed by atoms with Gasteiger partial charge in [0.2, 0.25) is 5.91 Å². The lowest BCUT2D eigenvalue weighted by Gasteiger charge is -2.33. The molecule has 0 atom stereocenters. The number of hydrogen-bond acceptors (Lipinski definition) is 4. The third-order valence-corrected chi connectivity index (χ3v) is 5.68. The summed E-state index contributed by atoms with van der Waals surface area (Å²) in [6.45, 7) is 4.07. The molecule has 1 aromatic heterocycles. The molecule has 4 rings (SSSR count). The molecule has 0 aromatic carbocycles. The highest BCUT2D eigenvalue weighted by molar-refractivity contribution is 5.76. The Morgan fingerprint density at radius 2 is 1.92 bits per heavy atom. The number of aromatic nitrogens is 2. The van der Waals surface area contributed by atoms with Crippen LogP contribution in [-0.2, 0) is 4.79 Å². The van der Waals surface area contributed by atoms with Gasteiger partial charge >= 0.3 is 0 Å². The topological polar surface area (TPSA) is 58.1 Å². The fraction of sp³-hybridized carbons (Fsp3) is 0.737. The monoisotopic (exact) mass is 328 g/mol. The third kappa shape index (κ3) is 3.70. The van der Waals surface area contributed by atoms with Crippen LogP contribution in [0.5, 0.6) is 0 Å². The predicted octanol–water partition coefficient (Wildman–Crippen LogP) is 2.94. The highest BCUT2D eigenvalue weighted by Crippen LogP contribution is 2.39. The Balaban J connectivity index is 1.30. The number of nitrogens with one attached hydrogen (secondary N) is 1. The molecule has 2 heterocycles. The molecule has 1 aliphatic heterocycles. The molecule has 0 radical (unpaired) electrons. The lowest BCUT2D eigenvalue weighted by atomic mass is 9.90. The van der Waals surface area contributed by atoms with E-state index in [4.69, 9.17) is 4.98 Å². The summed E-state index contributed by atoms with van der Waals surface area (Å²) < 4.78 is 0. The van der Waals surface area contributed by atoms with E-state index in [1.165, 1.54) is 32.1 Å². The van der Waals surface area contributed by atoms with Crippen LogP contribution in [0, 0.1) is 12.8 Å². The lowest BCUT2D eigenvalue weighted by molar-refractivity contribution is -0.123. The minimum absolute atomic E-state index is 0.257. The third-order valence-electron chi connectivity index (χ3n) is 5.68. The molecule has 5 nitrogen and oxygen atoms in total. The van der Waals surface area contributed by atoms with Crippen LogP contribution in [0.2, 0.25) is 0 Å². The SMILES string of the molecule is Cc1cc(N2CCC(CC(=O)NC3CCC3)CC2)nc(C2CC2)n1. The first kappa shape index (κ1) is 15.9. The van der Waals surface area contributed by atoms with Gasteiger partial charge < -0.3 is 10.2 Å². The van der Waals surface area contributed by atoms with E-state index in [1.807, 2.05) is 0 Å². The first-order valence-corrected chi connectivity index (χ1v) is 9.57. The van der Waals surface area contributed by atoms with Crippen molar-refractivity contribution in [2.75, 3.05) is 18.0 Å². The molecule has 2 saturated carbocycles. The van der Waals surface area contributed by atoms with E-state index in [2.05, 4.69) is 28.2 Å². The van der Waals surface area contributed by atoms with E-state index in [1.54, 1.807) is 0 Å². The van der Waals surface area contributed by atoms with Crippen LogP contribution >= 0.6 is 0 Å². The number of carbonyl (C=O) groups excluding carboxylic acids is 1. The van der Waals surface area contributed by atoms with Gasteiger partial charge in [-0.1, -0.05) is 0 Å². The average molecular weight is 328 g/mol. The summed E-state index contributed by atoms with van der Waals surface area (Å²) in [6, 6.07) is 2.57. The van der Waals surface area contributed by atoms with Gasteiger partial charge in [-0.15, -0.1) is 0 Å². The number of amides is 1. The summed E-state index contributed by atoms with van der Waals surface area (Å²) >= 11 is 0. The molecule has 2 aliphatic carbocycles. The maximum Gasteiger partial charge on any atom is 0.220 e. The van der Waals surface area contributed by atoms with E-state index >= 15 is 0 Å². The van der Waals surface area contributed by atoms with Crippen molar-refractivity contribution in [3.8, 4) is 0 Å². The number of piperidine rings is 1. The summed E-state index contributed by atoms with van der Waals surface area (Å²) in [5.74, 6) is 3.49. The molecular weight excluding hydrogens is 300 g/mol.